The van der Waals surface area contributed by atoms with E-state index in [4.69, 9.17) is 9.47 Å². The number of rotatable bonds is 6. The number of esters is 1. The molecule has 1 aliphatic heterocycles. The molecule has 1 amide bonds. The Bertz CT molecular complexity index is 350. The van der Waals surface area contributed by atoms with E-state index in [9.17, 15) is 9.59 Å². The Morgan fingerprint density at radius 1 is 1.24 bits per heavy atom. The van der Waals surface area contributed by atoms with Crippen LogP contribution in [0.4, 0.5) is 4.79 Å². The Hall–Kier alpha value is -1.30. The Labute approximate surface area is 126 Å². The molecular formula is C15H27NO5. The first-order valence-corrected chi connectivity index (χ1v) is 7.44. The van der Waals surface area contributed by atoms with Crippen LogP contribution in [0.2, 0.25) is 0 Å². The van der Waals surface area contributed by atoms with Crippen molar-refractivity contribution in [3.8, 4) is 0 Å². The zero-order valence-electron chi connectivity index (χ0n) is 13.5. The van der Waals surface area contributed by atoms with Crippen molar-refractivity contribution in [2.24, 2.45) is 5.92 Å². The highest BCUT2D eigenvalue weighted by Gasteiger charge is 2.29. The maximum Gasteiger partial charge on any atom is 0.410 e. The number of carbonyl (C=O) groups is 2. The van der Waals surface area contributed by atoms with E-state index in [0.717, 1.165) is 25.9 Å². The van der Waals surface area contributed by atoms with Gasteiger partial charge in [-0.15, -0.1) is 0 Å². The highest BCUT2D eigenvalue weighted by atomic mass is 16.6. The fourth-order valence-electron chi connectivity index (χ4n) is 2.17. The van der Waals surface area contributed by atoms with Gasteiger partial charge >= 0.3 is 12.1 Å². The van der Waals surface area contributed by atoms with Gasteiger partial charge in [-0.25, -0.2) is 4.79 Å². The van der Waals surface area contributed by atoms with Crippen LogP contribution in [-0.2, 0) is 19.0 Å². The minimum absolute atomic E-state index is 0.239. The molecule has 0 saturated carbocycles. The molecule has 0 unspecified atom stereocenters. The standard InChI is InChI=1S/C15H27NO5/c1-15(2,3)21-14(18)16-8-5-12(11-16)6-9-20-10-7-13(17)19-4/h12H,5-11H2,1-4H3/t12-/m0/s1. The average Bonchev–Trinajstić information content (AvgIpc) is 2.85. The lowest BCUT2D eigenvalue weighted by molar-refractivity contribution is -0.141. The van der Waals surface area contributed by atoms with Gasteiger partial charge < -0.3 is 19.1 Å². The summed E-state index contributed by atoms with van der Waals surface area (Å²) in [6, 6.07) is 0. The van der Waals surface area contributed by atoms with Crippen LogP contribution in [0.25, 0.3) is 0 Å². The molecule has 0 aliphatic carbocycles. The second-order valence-electron chi connectivity index (χ2n) is 6.31. The molecule has 0 aromatic carbocycles. The molecule has 1 saturated heterocycles. The van der Waals surface area contributed by atoms with Crippen LogP contribution < -0.4 is 0 Å². The average molecular weight is 301 g/mol. The molecule has 1 fully saturated rings. The maximum atomic E-state index is 11.9. The van der Waals surface area contributed by atoms with Crippen molar-refractivity contribution in [2.75, 3.05) is 33.4 Å². The predicted octanol–water partition coefficient (Wildman–Crippen LogP) is 2.21. The van der Waals surface area contributed by atoms with Crippen molar-refractivity contribution in [3.05, 3.63) is 0 Å². The van der Waals surface area contributed by atoms with Gasteiger partial charge in [-0.2, -0.15) is 0 Å². The molecule has 0 spiro atoms. The molecule has 6 heteroatoms. The minimum Gasteiger partial charge on any atom is -0.469 e. The van der Waals surface area contributed by atoms with Gasteiger partial charge in [-0.1, -0.05) is 0 Å². The summed E-state index contributed by atoms with van der Waals surface area (Å²) in [7, 11) is 1.37. The van der Waals surface area contributed by atoms with Gasteiger partial charge in [0.25, 0.3) is 0 Å². The molecule has 0 aromatic heterocycles. The van der Waals surface area contributed by atoms with Crippen LogP contribution in [0.1, 0.15) is 40.0 Å². The Morgan fingerprint density at radius 2 is 1.95 bits per heavy atom. The molecule has 1 heterocycles. The number of hydrogen-bond donors (Lipinski definition) is 0. The summed E-state index contributed by atoms with van der Waals surface area (Å²) in [5.74, 6) is 0.183. The zero-order chi connectivity index (χ0) is 15.9. The van der Waals surface area contributed by atoms with Crippen LogP contribution in [0.5, 0.6) is 0 Å². The normalized spacial score (nSPS) is 18.7. The first-order valence-electron chi connectivity index (χ1n) is 7.44. The van der Waals surface area contributed by atoms with Crippen molar-refractivity contribution < 1.29 is 23.8 Å². The largest absolute Gasteiger partial charge is 0.469 e. The van der Waals surface area contributed by atoms with Gasteiger partial charge in [-0.05, 0) is 39.5 Å². The van der Waals surface area contributed by atoms with Crippen LogP contribution in [0, 0.1) is 5.92 Å². The zero-order valence-corrected chi connectivity index (χ0v) is 13.5. The topological polar surface area (TPSA) is 65.1 Å². The Kier molecular flexibility index (Phi) is 6.95. The van der Waals surface area contributed by atoms with Crippen molar-refractivity contribution in [1.82, 2.24) is 4.90 Å². The number of nitrogens with zero attached hydrogens (tertiary/aromatic N) is 1. The molecule has 21 heavy (non-hydrogen) atoms. The fourth-order valence-corrected chi connectivity index (χ4v) is 2.17. The van der Waals surface area contributed by atoms with Crippen molar-refractivity contribution in [3.63, 3.8) is 0 Å². The molecule has 0 N–H and O–H groups in total. The van der Waals surface area contributed by atoms with Gasteiger partial charge in [0.2, 0.25) is 0 Å². The van der Waals surface area contributed by atoms with Crippen molar-refractivity contribution in [2.45, 2.75) is 45.6 Å². The highest BCUT2D eigenvalue weighted by Crippen LogP contribution is 2.21. The van der Waals surface area contributed by atoms with Crippen LogP contribution in [0.15, 0.2) is 0 Å². The Balaban J connectivity index is 2.14. The van der Waals surface area contributed by atoms with E-state index in [2.05, 4.69) is 4.74 Å². The van der Waals surface area contributed by atoms with E-state index in [0.29, 0.717) is 19.1 Å². The summed E-state index contributed by atoms with van der Waals surface area (Å²) in [5, 5.41) is 0. The van der Waals surface area contributed by atoms with Crippen LogP contribution >= 0.6 is 0 Å². The molecule has 1 aliphatic rings. The van der Waals surface area contributed by atoms with Gasteiger partial charge in [-0.3, -0.25) is 4.79 Å². The number of amides is 1. The minimum atomic E-state index is -0.452. The third-order valence-corrected chi connectivity index (χ3v) is 3.29. The molecule has 0 bridgehead atoms. The lowest BCUT2D eigenvalue weighted by Crippen LogP contribution is -2.35. The molecule has 0 aromatic rings. The second-order valence-corrected chi connectivity index (χ2v) is 6.31. The smallest absolute Gasteiger partial charge is 0.410 e. The number of carbonyl (C=O) groups excluding carboxylic acids is 2. The van der Waals surface area contributed by atoms with E-state index in [1.807, 2.05) is 20.8 Å². The lowest BCUT2D eigenvalue weighted by atomic mass is 10.1. The summed E-state index contributed by atoms with van der Waals surface area (Å²) in [6.45, 7) is 8.05. The highest BCUT2D eigenvalue weighted by molar-refractivity contribution is 5.69. The van der Waals surface area contributed by atoms with Gasteiger partial charge in [0, 0.05) is 19.7 Å². The number of methoxy groups -OCH3 is 1. The summed E-state index contributed by atoms with van der Waals surface area (Å²) in [5.41, 5.74) is -0.452. The van der Waals surface area contributed by atoms with E-state index >= 15 is 0 Å². The van der Waals surface area contributed by atoms with Crippen LogP contribution in [0.3, 0.4) is 0 Å². The molecule has 0 radical (unpaired) electrons. The summed E-state index contributed by atoms with van der Waals surface area (Å²) in [6.07, 6.45) is 1.90. The van der Waals surface area contributed by atoms with E-state index < -0.39 is 5.60 Å². The predicted molar refractivity (Wildman–Crippen MR) is 78.0 cm³/mol. The maximum absolute atomic E-state index is 11.9. The first-order chi connectivity index (χ1) is 9.81. The third kappa shape index (κ3) is 7.32. The van der Waals surface area contributed by atoms with E-state index in [1.54, 1.807) is 4.90 Å². The summed E-state index contributed by atoms with van der Waals surface area (Å²) in [4.78, 5) is 24.6. The quantitative estimate of drug-likeness (QED) is 0.556. The first kappa shape index (κ1) is 17.8. The SMILES string of the molecule is COC(=O)CCOCC[C@@H]1CCN(C(=O)OC(C)(C)C)C1. The lowest BCUT2D eigenvalue weighted by Gasteiger charge is -2.24. The van der Waals surface area contributed by atoms with Crippen molar-refractivity contribution in [1.29, 1.82) is 0 Å². The molecule has 1 atom stereocenters. The number of hydrogen-bond acceptors (Lipinski definition) is 5. The van der Waals surface area contributed by atoms with Crippen LogP contribution in [-0.4, -0.2) is 56.0 Å². The van der Waals surface area contributed by atoms with Gasteiger partial charge in [0.1, 0.15) is 5.60 Å². The van der Waals surface area contributed by atoms with Gasteiger partial charge in [0.15, 0.2) is 0 Å². The summed E-state index contributed by atoms with van der Waals surface area (Å²) < 4.78 is 15.3. The van der Waals surface area contributed by atoms with E-state index in [1.165, 1.54) is 7.11 Å². The molecule has 6 nitrogen and oxygen atoms in total. The van der Waals surface area contributed by atoms with Gasteiger partial charge in [0.05, 0.1) is 20.1 Å². The monoisotopic (exact) mass is 301 g/mol. The van der Waals surface area contributed by atoms with Crippen molar-refractivity contribution >= 4 is 12.1 Å². The Morgan fingerprint density at radius 3 is 2.57 bits per heavy atom. The third-order valence-electron chi connectivity index (χ3n) is 3.29. The number of ether oxygens (including phenoxy) is 3. The molecule has 122 valence electrons. The second kappa shape index (κ2) is 8.22. The molecule has 1 rings (SSSR count). The number of likely N-dealkylation sites (tertiary alicyclic amines) is 1. The fraction of sp³-hybridized carbons (Fsp3) is 0.867. The summed E-state index contributed by atoms with van der Waals surface area (Å²) >= 11 is 0. The van der Waals surface area contributed by atoms with E-state index in [-0.39, 0.29) is 18.5 Å². The molecular weight excluding hydrogens is 274 g/mol.